The molecule has 2 aliphatic heterocycles. The SMILES string of the molecule is CCOC(=O)N1CCN(S(=O)(=O)NC2CCN(CC(=O)Nc3ccccc3)CC2)CC1. The third-order valence-corrected chi connectivity index (χ3v) is 7.11. The van der Waals surface area contributed by atoms with Crippen LogP contribution in [0.4, 0.5) is 10.5 Å². The zero-order chi connectivity index (χ0) is 22.3. The van der Waals surface area contributed by atoms with Crippen molar-refractivity contribution in [3.05, 3.63) is 30.3 Å². The highest BCUT2D eigenvalue weighted by Crippen LogP contribution is 2.14. The summed E-state index contributed by atoms with van der Waals surface area (Å²) in [6, 6.07) is 9.13. The largest absolute Gasteiger partial charge is 0.450 e. The predicted molar refractivity (Wildman–Crippen MR) is 117 cm³/mol. The molecule has 3 rings (SSSR count). The zero-order valence-electron chi connectivity index (χ0n) is 17.8. The highest BCUT2D eigenvalue weighted by molar-refractivity contribution is 7.87. The lowest BCUT2D eigenvalue weighted by Crippen LogP contribution is -2.56. The maximum Gasteiger partial charge on any atom is 0.409 e. The van der Waals surface area contributed by atoms with Crippen LogP contribution in [0.15, 0.2) is 30.3 Å². The van der Waals surface area contributed by atoms with Crippen LogP contribution < -0.4 is 10.0 Å². The van der Waals surface area contributed by atoms with Crippen molar-refractivity contribution in [1.29, 1.82) is 0 Å². The molecule has 0 aromatic heterocycles. The predicted octanol–water partition coefficient (Wildman–Crippen LogP) is 0.698. The first-order valence-corrected chi connectivity index (χ1v) is 12.1. The second-order valence-corrected chi connectivity index (χ2v) is 9.37. The summed E-state index contributed by atoms with van der Waals surface area (Å²) in [6.07, 6.45) is 0.873. The Labute approximate surface area is 183 Å². The first-order valence-electron chi connectivity index (χ1n) is 10.6. The molecule has 31 heavy (non-hydrogen) atoms. The Morgan fingerprint density at radius 3 is 2.29 bits per heavy atom. The molecule has 172 valence electrons. The summed E-state index contributed by atoms with van der Waals surface area (Å²) in [4.78, 5) is 27.5. The fourth-order valence-corrected chi connectivity index (χ4v) is 5.19. The number of amides is 2. The number of ether oxygens (including phenoxy) is 1. The van der Waals surface area contributed by atoms with E-state index < -0.39 is 16.3 Å². The zero-order valence-corrected chi connectivity index (χ0v) is 18.6. The van der Waals surface area contributed by atoms with Crippen molar-refractivity contribution in [2.45, 2.75) is 25.8 Å². The molecule has 1 aromatic carbocycles. The molecule has 10 nitrogen and oxygen atoms in total. The van der Waals surface area contributed by atoms with Crippen molar-refractivity contribution in [2.75, 3.05) is 57.7 Å². The number of likely N-dealkylation sites (tertiary alicyclic amines) is 1. The number of benzene rings is 1. The number of nitrogens with zero attached hydrogens (tertiary/aromatic N) is 3. The molecule has 0 atom stereocenters. The summed E-state index contributed by atoms with van der Waals surface area (Å²) in [7, 11) is -3.62. The van der Waals surface area contributed by atoms with Crippen molar-refractivity contribution in [3.63, 3.8) is 0 Å². The van der Waals surface area contributed by atoms with Gasteiger partial charge < -0.3 is 15.0 Å². The van der Waals surface area contributed by atoms with Gasteiger partial charge in [-0.2, -0.15) is 17.4 Å². The number of rotatable bonds is 7. The van der Waals surface area contributed by atoms with E-state index in [9.17, 15) is 18.0 Å². The standard InChI is InChI=1S/C20H31N5O5S/c1-2-30-20(27)24-12-14-25(15-13-24)31(28,29)22-18-8-10-23(11-9-18)16-19(26)21-17-6-4-3-5-7-17/h3-7,18,22H,2,8-16H2,1H3,(H,21,26). The Morgan fingerprint density at radius 1 is 1.03 bits per heavy atom. The third kappa shape index (κ3) is 6.89. The molecular formula is C20H31N5O5S. The Bertz CT molecular complexity index is 835. The normalized spacial score (nSPS) is 19.2. The molecule has 0 aliphatic carbocycles. The number of piperidine rings is 1. The van der Waals surface area contributed by atoms with Gasteiger partial charge >= 0.3 is 6.09 Å². The van der Waals surface area contributed by atoms with Gasteiger partial charge in [-0.15, -0.1) is 0 Å². The Morgan fingerprint density at radius 2 is 1.68 bits per heavy atom. The van der Waals surface area contributed by atoms with E-state index in [1.807, 2.05) is 35.2 Å². The van der Waals surface area contributed by atoms with E-state index in [0.29, 0.717) is 45.6 Å². The highest BCUT2D eigenvalue weighted by atomic mass is 32.2. The molecule has 2 heterocycles. The second-order valence-electron chi connectivity index (χ2n) is 7.67. The smallest absolute Gasteiger partial charge is 0.409 e. The number of carbonyl (C=O) groups excluding carboxylic acids is 2. The van der Waals surface area contributed by atoms with Crippen LogP contribution in [0, 0.1) is 0 Å². The maximum absolute atomic E-state index is 12.7. The van der Waals surface area contributed by atoms with Crippen LogP contribution in [-0.4, -0.2) is 93.0 Å². The molecular weight excluding hydrogens is 422 g/mol. The second kappa shape index (κ2) is 10.9. The molecule has 0 bridgehead atoms. The van der Waals surface area contributed by atoms with E-state index in [0.717, 1.165) is 5.69 Å². The fourth-order valence-electron chi connectivity index (χ4n) is 3.74. The van der Waals surface area contributed by atoms with Crippen molar-refractivity contribution in [2.24, 2.45) is 0 Å². The van der Waals surface area contributed by atoms with Gasteiger partial charge in [-0.3, -0.25) is 9.69 Å². The van der Waals surface area contributed by atoms with Gasteiger partial charge in [0, 0.05) is 51.0 Å². The van der Waals surface area contributed by atoms with Crippen LogP contribution in [0.25, 0.3) is 0 Å². The number of hydrogen-bond acceptors (Lipinski definition) is 6. The summed E-state index contributed by atoms with van der Waals surface area (Å²) in [5.41, 5.74) is 0.762. The minimum absolute atomic E-state index is 0.0790. The third-order valence-electron chi connectivity index (χ3n) is 5.43. The van der Waals surface area contributed by atoms with E-state index in [2.05, 4.69) is 10.0 Å². The molecule has 11 heteroatoms. The van der Waals surface area contributed by atoms with Crippen LogP contribution in [0.1, 0.15) is 19.8 Å². The van der Waals surface area contributed by atoms with E-state index in [4.69, 9.17) is 4.74 Å². The van der Waals surface area contributed by atoms with Crippen LogP contribution in [0.2, 0.25) is 0 Å². The minimum Gasteiger partial charge on any atom is -0.450 e. The summed E-state index contributed by atoms with van der Waals surface area (Å²) >= 11 is 0. The molecule has 2 aliphatic rings. The number of anilines is 1. The lowest BCUT2D eigenvalue weighted by Gasteiger charge is -2.36. The van der Waals surface area contributed by atoms with Gasteiger partial charge in [0.25, 0.3) is 10.2 Å². The summed E-state index contributed by atoms with van der Waals surface area (Å²) in [5.74, 6) is -0.0790. The molecule has 2 saturated heterocycles. The van der Waals surface area contributed by atoms with E-state index in [-0.39, 0.29) is 31.6 Å². The quantitative estimate of drug-likeness (QED) is 0.629. The average molecular weight is 454 g/mol. The molecule has 0 radical (unpaired) electrons. The van der Waals surface area contributed by atoms with Crippen LogP contribution in [-0.2, 0) is 19.7 Å². The average Bonchev–Trinajstić information content (AvgIpc) is 2.76. The van der Waals surface area contributed by atoms with Crippen LogP contribution in [0.5, 0.6) is 0 Å². The Hall–Kier alpha value is -2.21. The Balaban J connectivity index is 1.40. The number of para-hydroxylation sites is 1. The van der Waals surface area contributed by atoms with Gasteiger partial charge in [-0.05, 0) is 31.9 Å². The number of piperazine rings is 1. The van der Waals surface area contributed by atoms with Gasteiger partial charge in [0.2, 0.25) is 5.91 Å². The first kappa shape index (κ1) is 23.5. The van der Waals surface area contributed by atoms with Crippen molar-refractivity contribution in [3.8, 4) is 0 Å². The highest BCUT2D eigenvalue weighted by Gasteiger charge is 2.32. The minimum atomic E-state index is -3.62. The fraction of sp³-hybridized carbons (Fsp3) is 0.600. The van der Waals surface area contributed by atoms with Crippen molar-refractivity contribution < 1.29 is 22.7 Å². The van der Waals surface area contributed by atoms with Crippen molar-refractivity contribution in [1.82, 2.24) is 18.8 Å². The molecule has 2 N–H and O–H groups in total. The summed E-state index contributed by atoms with van der Waals surface area (Å²) in [5, 5.41) is 2.87. The number of nitrogens with one attached hydrogen (secondary N) is 2. The molecule has 0 unspecified atom stereocenters. The topological polar surface area (TPSA) is 111 Å². The molecule has 2 amide bonds. The van der Waals surface area contributed by atoms with Gasteiger partial charge in [0.05, 0.1) is 13.2 Å². The molecule has 0 saturated carbocycles. The summed E-state index contributed by atoms with van der Waals surface area (Å²) in [6.45, 7) is 4.72. The van der Waals surface area contributed by atoms with Gasteiger partial charge in [-0.25, -0.2) is 4.79 Å². The molecule has 1 aromatic rings. The first-order chi connectivity index (χ1) is 14.9. The lowest BCUT2D eigenvalue weighted by molar-refractivity contribution is -0.117. The van der Waals surface area contributed by atoms with Gasteiger partial charge in [-0.1, -0.05) is 18.2 Å². The van der Waals surface area contributed by atoms with Crippen molar-refractivity contribution >= 4 is 27.9 Å². The monoisotopic (exact) mass is 453 g/mol. The van der Waals surface area contributed by atoms with Gasteiger partial charge in [0.1, 0.15) is 0 Å². The summed E-state index contributed by atoms with van der Waals surface area (Å²) < 4.78 is 34.6. The van der Waals surface area contributed by atoms with E-state index >= 15 is 0 Å². The number of hydrogen-bond donors (Lipinski definition) is 2. The molecule has 2 fully saturated rings. The molecule has 0 spiro atoms. The van der Waals surface area contributed by atoms with E-state index in [1.165, 1.54) is 9.21 Å². The van der Waals surface area contributed by atoms with Crippen LogP contribution in [0.3, 0.4) is 0 Å². The maximum atomic E-state index is 12.7. The number of carbonyl (C=O) groups is 2. The van der Waals surface area contributed by atoms with Crippen LogP contribution >= 0.6 is 0 Å². The van der Waals surface area contributed by atoms with E-state index in [1.54, 1.807) is 6.92 Å². The Kier molecular flexibility index (Phi) is 8.24. The lowest BCUT2D eigenvalue weighted by atomic mass is 10.1. The van der Waals surface area contributed by atoms with Gasteiger partial charge in [0.15, 0.2) is 0 Å².